The predicted molar refractivity (Wildman–Crippen MR) is 143 cm³/mol. The lowest BCUT2D eigenvalue weighted by Crippen LogP contribution is -2.52. The molecule has 0 radical (unpaired) electrons. The smallest absolute Gasteiger partial charge is 0.410 e. The van der Waals surface area contributed by atoms with Crippen molar-refractivity contribution in [3.05, 3.63) is 40.8 Å². The van der Waals surface area contributed by atoms with Crippen LogP contribution >= 0.6 is 11.3 Å². The van der Waals surface area contributed by atoms with Gasteiger partial charge in [0.25, 0.3) is 12.3 Å². The SMILES string of the molecule is COC(=O)N1CCN(c2cc(-c3cc(C(F)F)ncc3OC)c(C(=O)Nc3nnc(C#CC4CC4)s3)cn2)C(=O)C1. The molecule has 4 heterocycles. The molecule has 0 bridgehead atoms. The second-order valence-electron chi connectivity index (χ2n) is 9.05. The Bertz CT molecular complexity index is 1570. The first-order chi connectivity index (χ1) is 19.8. The zero-order valence-electron chi connectivity index (χ0n) is 21.9. The number of halogens is 2. The van der Waals surface area contributed by atoms with Crippen LogP contribution in [0.25, 0.3) is 11.1 Å². The molecule has 3 aromatic rings. The van der Waals surface area contributed by atoms with E-state index in [-0.39, 0.29) is 53.0 Å². The minimum atomic E-state index is -2.89. The number of alkyl halides is 2. The highest BCUT2D eigenvalue weighted by atomic mass is 32.1. The van der Waals surface area contributed by atoms with E-state index in [9.17, 15) is 23.2 Å². The molecular formula is C26H23F2N7O5S. The summed E-state index contributed by atoms with van der Waals surface area (Å²) in [5.74, 6) is 5.57. The molecule has 0 unspecified atom stereocenters. The van der Waals surface area contributed by atoms with Crippen molar-refractivity contribution in [3.63, 3.8) is 0 Å². The van der Waals surface area contributed by atoms with Crippen molar-refractivity contribution >= 4 is 40.2 Å². The van der Waals surface area contributed by atoms with Crippen LogP contribution in [0, 0.1) is 17.8 Å². The number of nitrogens with zero attached hydrogens (tertiary/aromatic N) is 6. The lowest BCUT2D eigenvalue weighted by atomic mass is 9.99. The Morgan fingerprint density at radius 1 is 1.12 bits per heavy atom. The molecule has 1 N–H and O–H groups in total. The largest absolute Gasteiger partial charge is 0.494 e. The zero-order chi connectivity index (χ0) is 29.1. The van der Waals surface area contributed by atoms with Gasteiger partial charge in [0.2, 0.25) is 11.0 Å². The molecule has 15 heteroatoms. The van der Waals surface area contributed by atoms with Crippen LogP contribution in [0.1, 0.15) is 40.3 Å². The van der Waals surface area contributed by atoms with Crippen LogP contribution in [0.3, 0.4) is 0 Å². The maximum Gasteiger partial charge on any atom is 0.410 e. The Balaban J connectivity index is 1.51. The zero-order valence-corrected chi connectivity index (χ0v) is 22.7. The molecule has 1 aliphatic carbocycles. The molecule has 5 rings (SSSR count). The number of aromatic nitrogens is 4. The average molecular weight is 584 g/mol. The van der Waals surface area contributed by atoms with Gasteiger partial charge in [0.1, 0.15) is 23.8 Å². The van der Waals surface area contributed by atoms with Gasteiger partial charge in [-0.25, -0.2) is 18.6 Å². The number of nitrogens with one attached hydrogen (secondary N) is 1. The van der Waals surface area contributed by atoms with Crippen LogP contribution in [-0.2, 0) is 9.53 Å². The fourth-order valence-electron chi connectivity index (χ4n) is 4.03. The maximum absolute atomic E-state index is 13.6. The van der Waals surface area contributed by atoms with Gasteiger partial charge in [0.05, 0.1) is 26.0 Å². The molecule has 0 atom stereocenters. The summed E-state index contributed by atoms with van der Waals surface area (Å²) in [6.07, 6.45) is 0.949. The van der Waals surface area contributed by atoms with Crippen LogP contribution in [0.15, 0.2) is 24.5 Å². The Kier molecular flexibility index (Phi) is 8.02. The Morgan fingerprint density at radius 3 is 2.61 bits per heavy atom. The van der Waals surface area contributed by atoms with Gasteiger partial charge >= 0.3 is 6.09 Å². The van der Waals surface area contributed by atoms with Crippen LogP contribution in [-0.4, -0.2) is 76.8 Å². The second kappa shape index (κ2) is 11.8. The number of rotatable bonds is 6. The molecule has 3 amide bonds. The fraction of sp³-hybridized carbons (Fsp3) is 0.346. The van der Waals surface area contributed by atoms with E-state index >= 15 is 0 Å². The summed E-state index contributed by atoms with van der Waals surface area (Å²) in [5.41, 5.74) is -0.230. The number of piperazine rings is 1. The van der Waals surface area contributed by atoms with Crippen LogP contribution in [0.5, 0.6) is 5.75 Å². The van der Waals surface area contributed by atoms with Gasteiger partial charge in [-0.05, 0) is 30.9 Å². The number of ether oxygens (including phenoxy) is 2. The van der Waals surface area contributed by atoms with Crippen LogP contribution in [0.4, 0.5) is 24.5 Å². The molecule has 41 heavy (non-hydrogen) atoms. The maximum atomic E-state index is 13.6. The van der Waals surface area contributed by atoms with E-state index in [0.717, 1.165) is 36.4 Å². The highest BCUT2D eigenvalue weighted by molar-refractivity contribution is 7.15. The van der Waals surface area contributed by atoms with Crippen LogP contribution in [0.2, 0.25) is 0 Å². The normalized spacial score (nSPS) is 14.9. The van der Waals surface area contributed by atoms with E-state index in [1.54, 1.807) is 0 Å². The Hall–Kier alpha value is -4.71. The number of carbonyl (C=O) groups is 3. The molecular weight excluding hydrogens is 560 g/mol. The van der Waals surface area contributed by atoms with Crippen molar-refractivity contribution in [1.82, 2.24) is 25.1 Å². The van der Waals surface area contributed by atoms with Crippen molar-refractivity contribution in [2.45, 2.75) is 19.3 Å². The number of anilines is 2. The summed E-state index contributed by atoms with van der Waals surface area (Å²) in [6, 6.07) is 2.55. The second-order valence-corrected chi connectivity index (χ2v) is 10.0. The first-order valence-electron chi connectivity index (χ1n) is 12.4. The molecule has 212 valence electrons. The van der Waals surface area contributed by atoms with Gasteiger partial charge < -0.3 is 9.47 Å². The number of pyridine rings is 2. The number of carbonyl (C=O) groups excluding carboxylic acids is 3. The average Bonchev–Trinajstić information content (AvgIpc) is 3.71. The number of hydrogen-bond donors (Lipinski definition) is 1. The van der Waals surface area contributed by atoms with E-state index < -0.39 is 30.0 Å². The van der Waals surface area contributed by atoms with Gasteiger partial charge in [-0.3, -0.25) is 29.7 Å². The topological polar surface area (TPSA) is 140 Å². The van der Waals surface area contributed by atoms with E-state index in [1.165, 1.54) is 36.3 Å². The molecule has 2 aliphatic rings. The summed E-state index contributed by atoms with van der Waals surface area (Å²) in [5, 5.41) is 11.2. The first-order valence-corrected chi connectivity index (χ1v) is 13.2. The highest BCUT2D eigenvalue weighted by Gasteiger charge is 2.31. The minimum absolute atomic E-state index is 0.0000679. The molecule has 0 aromatic carbocycles. The van der Waals surface area contributed by atoms with Crippen LogP contribution < -0.4 is 15.0 Å². The van der Waals surface area contributed by atoms with Gasteiger partial charge in [0, 0.05) is 36.3 Å². The summed E-state index contributed by atoms with van der Waals surface area (Å²) >= 11 is 1.09. The third-order valence-corrected chi connectivity index (χ3v) is 7.05. The predicted octanol–water partition coefficient (Wildman–Crippen LogP) is 3.37. The standard InChI is InChI=1S/C26H23F2N7O5S/c1-39-19-12-29-18(23(27)28)9-16(19)15-10-20(35-8-7-34(13-22(35)36)26(38)40-2)30-11-17(15)24(37)31-25-33-32-21(41-25)6-5-14-3-4-14/h9-12,14,23H,3-4,7-8,13H2,1-2H3,(H,31,33,37). The Morgan fingerprint density at radius 2 is 1.93 bits per heavy atom. The minimum Gasteiger partial charge on any atom is -0.494 e. The Labute approximate surface area is 236 Å². The van der Waals surface area contributed by atoms with Gasteiger partial charge in [-0.15, -0.1) is 10.2 Å². The first kappa shape index (κ1) is 27.8. The quantitative estimate of drug-likeness (QED) is 0.433. The lowest BCUT2D eigenvalue weighted by molar-refractivity contribution is -0.120. The summed E-state index contributed by atoms with van der Waals surface area (Å²) in [6.45, 7) is 0.0228. The van der Waals surface area contributed by atoms with Crippen molar-refractivity contribution in [2.24, 2.45) is 5.92 Å². The van der Waals surface area contributed by atoms with E-state index in [4.69, 9.17) is 9.47 Å². The number of amides is 3. The van der Waals surface area contributed by atoms with Gasteiger partial charge in [-0.2, -0.15) is 0 Å². The summed E-state index contributed by atoms with van der Waals surface area (Å²) in [4.78, 5) is 48.8. The van der Waals surface area contributed by atoms with Crippen molar-refractivity contribution in [3.8, 4) is 28.7 Å². The molecule has 2 fully saturated rings. The molecule has 1 saturated heterocycles. The number of methoxy groups -OCH3 is 2. The molecule has 12 nitrogen and oxygen atoms in total. The lowest BCUT2D eigenvalue weighted by Gasteiger charge is -2.33. The molecule has 1 aliphatic heterocycles. The molecule has 0 spiro atoms. The van der Waals surface area contributed by atoms with E-state index in [0.29, 0.717) is 10.9 Å². The number of hydrogen-bond acceptors (Lipinski definition) is 10. The fourth-order valence-corrected chi connectivity index (χ4v) is 4.63. The van der Waals surface area contributed by atoms with Crippen molar-refractivity contribution in [2.75, 3.05) is 44.1 Å². The van der Waals surface area contributed by atoms with Gasteiger partial charge in [0.15, 0.2) is 5.01 Å². The highest BCUT2D eigenvalue weighted by Crippen LogP contribution is 2.36. The molecule has 3 aromatic heterocycles. The molecule has 1 saturated carbocycles. The van der Waals surface area contributed by atoms with E-state index in [2.05, 4.69) is 37.3 Å². The summed E-state index contributed by atoms with van der Waals surface area (Å²) < 4.78 is 37.3. The monoisotopic (exact) mass is 583 g/mol. The van der Waals surface area contributed by atoms with Crippen molar-refractivity contribution in [1.29, 1.82) is 0 Å². The van der Waals surface area contributed by atoms with Gasteiger partial charge in [-0.1, -0.05) is 17.3 Å². The van der Waals surface area contributed by atoms with Crippen molar-refractivity contribution < 1.29 is 32.6 Å². The third kappa shape index (κ3) is 6.22. The van der Waals surface area contributed by atoms with E-state index in [1.807, 2.05) is 0 Å². The summed E-state index contributed by atoms with van der Waals surface area (Å²) in [7, 11) is 2.56. The third-order valence-electron chi connectivity index (χ3n) is 6.29.